The monoisotopic (exact) mass is 215 g/mol. The van der Waals surface area contributed by atoms with E-state index in [0.29, 0.717) is 12.2 Å². The first-order valence-corrected chi connectivity index (χ1v) is 5.57. The number of rotatable bonds is 6. The molecule has 0 atom stereocenters. The predicted molar refractivity (Wildman–Crippen MR) is 64.9 cm³/mol. The van der Waals surface area contributed by atoms with Gasteiger partial charge in [0.1, 0.15) is 0 Å². The highest BCUT2D eigenvalue weighted by molar-refractivity contribution is 5.87. The average molecular weight is 215 g/mol. The molecule has 0 aliphatic carbocycles. The summed E-state index contributed by atoms with van der Waals surface area (Å²) < 4.78 is 4.91. The van der Waals surface area contributed by atoms with Gasteiger partial charge in [0, 0.05) is 5.57 Å². The van der Waals surface area contributed by atoms with Crippen LogP contribution < -0.4 is 5.32 Å². The van der Waals surface area contributed by atoms with Crippen LogP contribution in [0.5, 0.6) is 0 Å². The van der Waals surface area contributed by atoms with Gasteiger partial charge in [-0.2, -0.15) is 0 Å². The van der Waals surface area contributed by atoms with Crippen molar-refractivity contribution in [1.29, 1.82) is 0 Å². The largest absolute Gasteiger partial charge is 0.462 e. The quantitative estimate of drug-likeness (QED) is 0.546. The molecule has 0 spiro atoms. The van der Waals surface area contributed by atoms with Gasteiger partial charge in [0.05, 0.1) is 6.61 Å². The minimum absolute atomic E-state index is 0.231. The smallest absolute Gasteiger partial charge is 0.333 e. The van der Waals surface area contributed by atoms with Crippen LogP contribution in [0.15, 0.2) is 12.2 Å². The van der Waals surface area contributed by atoms with Gasteiger partial charge in [0.2, 0.25) is 0 Å². The Morgan fingerprint density at radius 1 is 1.27 bits per heavy atom. The van der Waals surface area contributed by atoms with Crippen LogP contribution in [0.25, 0.3) is 0 Å². The van der Waals surface area contributed by atoms with Gasteiger partial charge in [-0.05, 0) is 33.4 Å². The van der Waals surface area contributed by atoms with Crippen molar-refractivity contribution in [2.45, 2.75) is 39.5 Å². The summed E-state index contributed by atoms with van der Waals surface area (Å²) in [5, 5.41) is 2.75. The lowest BCUT2D eigenvalue weighted by Gasteiger charge is -2.04. The number of nitrogens with one attached hydrogen (secondary N) is 1. The molecule has 0 aromatic carbocycles. The molecule has 90 valence electrons. The maximum absolute atomic E-state index is 11.1. The number of esters is 1. The van der Waals surface area contributed by atoms with Crippen LogP contribution >= 0.6 is 0 Å². The Balaban J connectivity index is 0. The predicted octanol–water partition coefficient (Wildman–Crippen LogP) is 2.52. The minimum Gasteiger partial charge on any atom is -0.462 e. The Hall–Kier alpha value is -0.830. The van der Waals surface area contributed by atoms with Crippen molar-refractivity contribution >= 4 is 5.97 Å². The molecule has 15 heavy (non-hydrogen) atoms. The van der Waals surface area contributed by atoms with E-state index in [9.17, 15) is 4.79 Å². The van der Waals surface area contributed by atoms with Crippen molar-refractivity contribution in [3.63, 3.8) is 0 Å². The summed E-state index contributed by atoms with van der Waals surface area (Å²) in [6.45, 7) is 8.24. The lowest BCUT2D eigenvalue weighted by molar-refractivity contribution is -0.139. The van der Waals surface area contributed by atoms with E-state index in [2.05, 4.69) is 18.8 Å². The summed E-state index contributed by atoms with van der Waals surface area (Å²) in [5.41, 5.74) is 0.602. The standard InChI is InChI=1S/C10H18O2.C2H7N/c1-4-6-7-9(3)10(11)12-8-5-2;1-3-2/h3-8H2,1-2H3;3H,1-2H3. The first-order chi connectivity index (χ1) is 7.13. The van der Waals surface area contributed by atoms with Gasteiger partial charge in [-0.1, -0.05) is 26.8 Å². The van der Waals surface area contributed by atoms with Crippen LogP contribution in [0.4, 0.5) is 0 Å². The first-order valence-electron chi connectivity index (χ1n) is 5.57. The van der Waals surface area contributed by atoms with E-state index in [4.69, 9.17) is 4.74 Å². The summed E-state index contributed by atoms with van der Waals surface area (Å²) >= 11 is 0. The SMILES string of the molecule is C=C(CCCC)C(=O)OCCC.CNC. The second-order valence-corrected chi connectivity index (χ2v) is 3.34. The van der Waals surface area contributed by atoms with Crippen LogP contribution in [0.1, 0.15) is 39.5 Å². The molecule has 3 nitrogen and oxygen atoms in total. The minimum atomic E-state index is -0.231. The van der Waals surface area contributed by atoms with Crippen LogP contribution in [0.2, 0.25) is 0 Å². The molecular formula is C12H25NO2. The van der Waals surface area contributed by atoms with Crippen molar-refractivity contribution < 1.29 is 9.53 Å². The zero-order valence-corrected chi connectivity index (χ0v) is 10.6. The Morgan fingerprint density at radius 3 is 2.20 bits per heavy atom. The number of ether oxygens (including phenoxy) is 1. The molecular weight excluding hydrogens is 190 g/mol. The Labute approximate surface area is 93.9 Å². The second-order valence-electron chi connectivity index (χ2n) is 3.34. The third-order valence-electron chi connectivity index (χ3n) is 1.56. The number of carbonyl (C=O) groups excluding carboxylic acids is 1. The number of hydrogen-bond donors (Lipinski definition) is 1. The fraction of sp³-hybridized carbons (Fsp3) is 0.750. The fourth-order valence-corrected chi connectivity index (χ4v) is 0.789. The molecule has 0 aliphatic rings. The van der Waals surface area contributed by atoms with Crippen LogP contribution in [0.3, 0.4) is 0 Å². The molecule has 0 saturated carbocycles. The summed E-state index contributed by atoms with van der Waals surface area (Å²) in [5.74, 6) is -0.231. The van der Waals surface area contributed by atoms with Gasteiger partial charge < -0.3 is 10.1 Å². The van der Waals surface area contributed by atoms with Gasteiger partial charge >= 0.3 is 5.97 Å². The molecule has 0 saturated heterocycles. The number of unbranched alkanes of at least 4 members (excludes halogenated alkanes) is 1. The van der Waals surface area contributed by atoms with E-state index in [1.54, 1.807) is 0 Å². The van der Waals surface area contributed by atoms with Crippen molar-refractivity contribution in [3.8, 4) is 0 Å². The maximum atomic E-state index is 11.1. The van der Waals surface area contributed by atoms with Crippen LogP contribution in [-0.4, -0.2) is 26.7 Å². The fourth-order valence-electron chi connectivity index (χ4n) is 0.789. The third kappa shape index (κ3) is 13.2. The van der Waals surface area contributed by atoms with E-state index in [-0.39, 0.29) is 5.97 Å². The summed E-state index contributed by atoms with van der Waals surface area (Å²) in [6.07, 6.45) is 3.73. The zero-order valence-electron chi connectivity index (χ0n) is 10.6. The molecule has 0 rings (SSSR count). The number of carbonyl (C=O) groups is 1. The number of hydrogen-bond acceptors (Lipinski definition) is 3. The maximum Gasteiger partial charge on any atom is 0.333 e. The lowest BCUT2D eigenvalue weighted by Crippen LogP contribution is -2.07. The van der Waals surface area contributed by atoms with Gasteiger partial charge in [0.25, 0.3) is 0 Å². The Morgan fingerprint density at radius 2 is 1.80 bits per heavy atom. The summed E-state index contributed by atoms with van der Waals surface area (Å²) in [4.78, 5) is 11.1. The van der Waals surface area contributed by atoms with Crippen LogP contribution in [0, 0.1) is 0 Å². The third-order valence-corrected chi connectivity index (χ3v) is 1.56. The summed E-state index contributed by atoms with van der Waals surface area (Å²) in [7, 11) is 3.75. The molecule has 0 radical (unpaired) electrons. The second kappa shape index (κ2) is 13.2. The normalized spacial score (nSPS) is 8.80. The van der Waals surface area contributed by atoms with Crippen LogP contribution in [-0.2, 0) is 9.53 Å². The van der Waals surface area contributed by atoms with Crippen molar-refractivity contribution in [1.82, 2.24) is 5.32 Å². The average Bonchev–Trinajstić information content (AvgIpc) is 2.23. The molecule has 1 N–H and O–H groups in total. The van der Waals surface area contributed by atoms with Gasteiger partial charge in [0.15, 0.2) is 0 Å². The van der Waals surface area contributed by atoms with E-state index in [1.807, 2.05) is 21.0 Å². The highest BCUT2D eigenvalue weighted by atomic mass is 16.5. The van der Waals surface area contributed by atoms with E-state index < -0.39 is 0 Å². The van der Waals surface area contributed by atoms with Crippen molar-refractivity contribution in [2.75, 3.05) is 20.7 Å². The molecule has 0 bridgehead atoms. The Bertz CT molecular complexity index is 149. The molecule has 3 heteroatoms. The molecule has 0 fully saturated rings. The van der Waals surface area contributed by atoms with E-state index >= 15 is 0 Å². The van der Waals surface area contributed by atoms with E-state index in [1.165, 1.54) is 0 Å². The molecule has 0 amide bonds. The molecule has 0 aliphatic heterocycles. The van der Waals surface area contributed by atoms with Gasteiger partial charge in [-0.15, -0.1) is 0 Å². The topological polar surface area (TPSA) is 38.3 Å². The molecule has 0 aromatic rings. The van der Waals surface area contributed by atoms with Crippen molar-refractivity contribution in [2.24, 2.45) is 0 Å². The lowest BCUT2D eigenvalue weighted by atomic mass is 10.1. The highest BCUT2D eigenvalue weighted by Crippen LogP contribution is 2.06. The van der Waals surface area contributed by atoms with Crippen molar-refractivity contribution in [3.05, 3.63) is 12.2 Å². The van der Waals surface area contributed by atoms with Gasteiger partial charge in [-0.25, -0.2) is 4.79 Å². The zero-order chi connectivity index (χ0) is 12.1. The Kier molecular flexibility index (Phi) is 14.6. The van der Waals surface area contributed by atoms with Gasteiger partial charge in [-0.3, -0.25) is 0 Å². The molecule has 0 aromatic heterocycles. The summed E-state index contributed by atoms with van der Waals surface area (Å²) in [6, 6.07) is 0. The first kappa shape index (κ1) is 16.6. The molecule has 0 unspecified atom stereocenters. The molecule has 0 heterocycles. The van der Waals surface area contributed by atoms with E-state index in [0.717, 1.165) is 25.7 Å². The highest BCUT2D eigenvalue weighted by Gasteiger charge is 2.06.